The van der Waals surface area contributed by atoms with E-state index in [2.05, 4.69) is 0 Å². The van der Waals surface area contributed by atoms with Crippen molar-refractivity contribution >= 4 is 33.7 Å². The molecule has 14 heavy (non-hydrogen) atoms. The maximum atomic E-state index is 10.2. The molecular weight excluding hydrogens is 223 g/mol. The van der Waals surface area contributed by atoms with Crippen molar-refractivity contribution in [2.24, 2.45) is 0 Å². The van der Waals surface area contributed by atoms with Gasteiger partial charge in [-0.05, 0) is 35.4 Å². The van der Waals surface area contributed by atoms with Crippen LogP contribution in [-0.2, 0) is 9.59 Å². The van der Waals surface area contributed by atoms with Crippen LogP contribution in [0.2, 0.25) is 0 Å². The highest BCUT2D eigenvalue weighted by atomic mass is 35.5. The highest BCUT2D eigenvalue weighted by Gasteiger charge is 1.80. The van der Waals surface area contributed by atoms with Gasteiger partial charge in [-0.15, -0.1) is 0 Å². The van der Waals surface area contributed by atoms with E-state index in [1.807, 2.05) is 0 Å². The van der Waals surface area contributed by atoms with Crippen molar-refractivity contribution in [1.29, 1.82) is 0 Å². The van der Waals surface area contributed by atoms with Gasteiger partial charge in [-0.25, -0.2) is 0 Å². The normalized spacial score (nSPS) is 12.4. The van der Waals surface area contributed by atoms with E-state index in [1.165, 1.54) is 24.3 Å². The van der Waals surface area contributed by atoms with E-state index in [4.69, 9.17) is 23.2 Å². The summed E-state index contributed by atoms with van der Waals surface area (Å²) >= 11 is 10.1. The minimum Gasteiger partial charge on any atom is -0.276 e. The minimum atomic E-state index is -0.522. The predicted octanol–water partition coefficient (Wildman–Crippen LogP) is 2.74. The summed E-state index contributed by atoms with van der Waals surface area (Å²) in [6, 6.07) is 0. The van der Waals surface area contributed by atoms with Crippen LogP contribution in [0.25, 0.3) is 0 Å². The Bertz CT molecular complexity index is 280. The van der Waals surface area contributed by atoms with E-state index in [9.17, 15) is 9.59 Å². The molecule has 0 bridgehead atoms. The molecule has 0 radical (unpaired) electrons. The van der Waals surface area contributed by atoms with Crippen LogP contribution in [0, 0.1) is 0 Å². The molecule has 2 nitrogen and oxygen atoms in total. The molecule has 0 heterocycles. The highest BCUT2D eigenvalue weighted by Crippen LogP contribution is 1.87. The topological polar surface area (TPSA) is 34.1 Å². The number of carbonyl (C=O) groups is 2. The first-order chi connectivity index (χ1) is 6.63. The van der Waals surface area contributed by atoms with Crippen LogP contribution in [0.3, 0.4) is 0 Å². The van der Waals surface area contributed by atoms with Crippen LogP contribution < -0.4 is 0 Å². The fourth-order valence-corrected chi connectivity index (χ4v) is 0.664. The van der Waals surface area contributed by atoms with Gasteiger partial charge in [0.25, 0.3) is 0 Å². The Labute approximate surface area is 92.2 Å². The van der Waals surface area contributed by atoms with E-state index in [0.29, 0.717) is 0 Å². The largest absolute Gasteiger partial charge is 0.276 e. The lowest BCUT2D eigenvalue weighted by Crippen LogP contribution is -1.72. The smallest absolute Gasteiger partial charge is 0.245 e. The Balaban J connectivity index is 3.82. The molecule has 0 fully saturated rings. The molecule has 0 aliphatic rings. The summed E-state index contributed by atoms with van der Waals surface area (Å²) in [5.41, 5.74) is 0. The van der Waals surface area contributed by atoms with Crippen molar-refractivity contribution < 1.29 is 9.59 Å². The van der Waals surface area contributed by atoms with Crippen LogP contribution >= 0.6 is 23.2 Å². The molecule has 0 saturated carbocycles. The van der Waals surface area contributed by atoms with Crippen LogP contribution in [0.15, 0.2) is 48.6 Å². The summed E-state index contributed by atoms with van der Waals surface area (Å²) in [6.45, 7) is 0. The van der Waals surface area contributed by atoms with Crippen molar-refractivity contribution in [2.75, 3.05) is 0 Å². The van der Waals surface area contributed by atoms with Gasteiger partial charge in [0.1, 0.15) is 0 Å². The molecule has 0 N–H and O–H groups in total. The average Bonchev–Trinajstić information content (AvgIpc) is 2.08. The monoisotopic (exact) mass is 230 g/mol. The summed E-state index contributed by atoms with van der Waals surface area (Å²) in [5, 5.41) is -1.04. The third kappa shape index (κ3) is 10.9. The molecule has 4 heteroatoms. The third-order valence-electron chi connectivity index (χ3n) is 1.01. The van der Waals surface area contributed by atoms with E-state index in [0.717, 1.165) is 0 Å². The van der Waals surface area contributed by atoms with Gasteiger partial charge in [0, 0.05) is 0 Å². The van der Waals surface area contributed by atoms with E-state index >= 15 is 0 Å². The first kappa shape index (κ1) is 12.9. The zero-order valence-corrected chi connectivity index (χ0v) is 8.70. The van der Waals surface area contributed by atoms with Gasteiger partial charge in [0.2, 0.25) is 10.5 Å². The van der Waals surface area contributed by atoms with Crippen LogP contribution in [0.5, 0.6) is 0 Å². The number of hydrogen-bond donors (Lipinski definition) is 0. The van der Waals surface area contributed by atoms with Gasteiger partial charge in [-0.1, -0.05) is 36.5 Å². The lowest BCUT2D eigenvalue weighted by Gasteiger charge is -1.74. The molecule has 74 valence electrons. The number of halogens is 2. The molecule has 0 aromatic rings. The maximum absolute atomic E-state index is 10.2. The zero-order chi connectivity index (χ0) is 10.8. The minimum absolute atomic E-state index is 0.522. The molecule has 0 amide bonds. The van der Waals surface area contributed by atoms with Crippen molar-refractivity contribution in [1.82, 2.24) is 0 Å². The third-order valence-corrected chi connectivity index (χ3v) is 1.26. The predicted molar refractivity (Wildman–Crippen MR) is 58.3 cm³/mol. The van der Waals surface area contributed by atoms with E-state index in [1.54, 1.807) is 24.3 Å². The first-order valence-electron chi connectivity index (χ1n) is 3.70. The molecule has 0 aromatic carbocycles. The summed E-state index contributed by atoms with van der Waals surface area (Å²) in [7, 11) is 0. The lowest BCUT2D eigenvalue weighted by molar-refractivity contribution is -0.108. The Kier molecular flexibility index (Phi) is 7.80. The van der Waals surface area contributed by atoms with Crippen molar-refractivity contribution in [3.05, 3.63) is 48.6 Å². The molecule has 0 unspecified atom stereocenters. The van der Waals surface area contributed by atoms with Gasteiger partial charge in [0.05, 0.1) is 0 Å². The Morgan fingerprint density at radius 1 is 0.643 bits per heavy atom. The molecule has 0 atom stereocenters. The van der Waals surface area contributed by atoms with E-state index < -0.39 is 10.5 Å². The quantitative estimate of drug-likeness (QED) is 0.414. The van der Waals surface area contributed by atoms with E-state index in [-0.39, 0.29) is 0 Å². The number of allylic oxidation sites excluding steroid dienone is 8. The van der Waals surface area contributed by atoms with Gasteiger partial charge >= 0.3 is 0 Å². The summed E-state index contributed by atoms with van der Waals surface area (Å²) < 4.78 is 0. The zero-order valence-electron chi connectivity index (χ0n) is 7.19. The summed E-state index contributed by atoms with van der Waals surface area (Å²) in [5.74, 6) is 0. The number of rotatable bonds is 5. The van der Waals surface area contributed by atoms with Crippen LogP contribution in [0.4, 0.5) is 0 Å². The molecule has 0 rings (SSSR count). The van der Waals surface area contributed by atoms with Crippen molar-refractivity contribution in [3.8, 4) is 0 Å². The Morgan fingerprint density at radius 3 is 1.21 bits per heavy atom. The standard InChI is InChI=1S/C10H8Cl2O2/c11-9(13)7-5-3-1-2-4-6-8-10(12)14/h1-8H/b3-1+,4-2+,7-5+,8-6+. The first-order valence-corrected chi connectivity index (χ1v) is 4.45. The van der Waals surface area contributed by atoms with Gasteiger partial charge in [-0.3, -0.25) is 9.59 Å². The second-order valence-corrected chi connectivity index (χ2v) is 2.84. The summed E-state index contributed by atoms with van der Waals surface area (Å²) in [6.07, 6.45) is 12.1. The van der Waals surface area contributed by atoms with Crippen LogP contribution in [-0.4, -0.2) is 10.5 Å². The van der Waals surface area contributed by atoms with Gasteiger partial charge in [-0.2, -0.15) is 0 Å². The van der Waals surface area contributed by atoms with Gasteiger partial charge < -0.3 is 0 Å². The molecule has 0 saturated heterocycles. The lowest BCUT2D eigenvalue weighted by atomic mass is 10.4. The number of carbonyl (C=O) groups excluding carboxylic acids is 2. The second kappa shape index (κ2) is 8.48. The summed E-state index contributed by atoms with van der Waals surface area (Å²) in [4.78, 5) is 20.4. The van der Waals surface area contributed by atoms with Crippen LogP contribution in [0.1, 0.15) is 0 Å². The molecule has 0 aromatic heterocycles. The average molecular weight is 231 g/mol. The Morgan fingerprint density at radius 2 is 0.929 bits per heavy atom. The molecule has 0 spiro atoms. The van der Waals surface area contributed by atoms with Gasteiger partial charge in [0.15, 0.2) is 0 Å². The molecule has 0 aliphatic heterocycles. The fraction of sp³-hybridized carbons (Fsp3) is 0. The van der Waals surface area contributed by atoms with Crippen molar-refractivity contribution in [3.63, 3.8) is 0 Å². The Hall–Kier alpha value is -1.12. The number of hydrogen-bond acceptors (Lipinski definition) is 2. The molecular formula is C10H8Cl2O2. The SMILES string of the molecule is O=C(Cl)/C=C/C=C/C=C/C=C/C(=O)Cl. The second-order valence-electron chi connectivity index (χ2n) is 2.10. The van der Waals surface area contributed by atoms with Crippen molar-refractivity contribution in [2.45, 2.75) is 0 Å². The highest BCUT2D eigenvalue weighted by molar-refractivity contribution is 6.66. The fourth-order valence-electron chi connectivity index (χ4n) is 0.519. The molecule has 0 aliphatic carbocycles. The maximum Gasteiger partial charge on any atom is 0.245 e.